The van der Waals surface area contributed by atoms with Crippen LogP contribution in [0.15, 0.2) is 23.1 Å². The fourth-order valence-electron chi connectivity index (χ4n) is 3.21. The Kier molecular flexibility index (Phi) is 5.38. The van der Waals surface area contributed by atoms with Crippen molar-refractivity contribution in [3.8, 4) is 0 Å². The maximum atomic E-state index is 12.2. The Morgan fingerprint density at radius 1 is 1.26 bits per heavy atom. The molecule has 10 heteroatoms. The Bertz CT molecular complexity index is 845. The lowest BCUT2D eigenvalue weighted by atomic mass is 10.2. The van der Waals surface area contributed by atoms with E-state index < -0.39 is 14.8 Å². The summed E-state index contributed by atoms with van der Waals surface area (Å²) in [6.45, 7) is 4.13. The molecule has 2 fully saturated rings. The monoisotopic (exact) mass is 396 g/mol. The number of nitrogens with one attached hydrogen (secondary N) is 1. The number of rotatable bonds is 6. The first kappa shape index (κ1) is 19.6. The van der Waals surface area contributed by atoms with Crippen LogP contribution in [0, 0.1) is 10.1 Å². The molecule has 1 heterocycles. The van der Waals surface area contributed by atoms with Gasteiger partial charge in [0.1, 0.15) is 5.69 Å². The van der Waals surface area contributed by atoms with Crippen LogP contribution in [0.4, 0.5) is 11.4 Å². The Hall–Kier alpha value is -2.20. The molecule has 3 rings (SSSR count). The highest BCUT2D eigenvalue weighted by Crippen LogP contribution is 2.31. The van der Waals surface area contributed by atoms with E-state index in [0.29, 0.717) is 37.9 Å². The van der Waals surface area contributed by atoms with Gasteiger partial charge in [0, 0.05) is 44.5 Å². The Labute approximate surface area is 158 Å². The lowest BCUT2D eigenvalue weighted by Crippen LogP contribution is -2.54. The van der Waals surface area contributed by atoms with Crippen LogP contribution in [0.25, 0.3) is 0 Å². The maximum absolute atomic E-state index is 12.2. The van der Waals surface area contributed by atoms with Gasteiger partial charge >= 0.3 is 0 Å². The summed E-state index contributed by atoms with van der Waals surface area (Å²) in [4.78, 5) is 26.9. The smallest absolute Gasteiger partial charge is 0.293 e. The largest absolute Gasteiger partial charge is 0.363 e. The molecular formula is C17H24N4O5S. The highest BCUT2D eigenvalue weighted by atomic mass is 32.2. The summed E-state index contributed by atoms with van der Waals surface area (Å²) in [5, 5.41) is 14.4. The van der Waals surface area contributed by atoms with Gasteiger partial charge in [0.15, 0.2) is 9.84 Å². The van der Waals surface area contributed by atoms with Crippen molar-refractivity contribution in [2.75, 3.05) is 37.3 Å². The molecule has 1 aliphatic carbocycles. The SMILES string of the molecule is CC(C(=O)NC1CC1)N1CCN(c2ccc(S(C)(=O)=O)cc2[N+](=O)[O-])CC1. The van der Waals surface area contributed by atoms with Gasteiger partial charge in [-0.1, -0.05) is 0 Å². The number of nitro benzene ring substituents is 1. The predicted octanol–water partition coefficient (Wildman–Crippen LogP) is 0.787. The summed E-state index contributed by atoms with van der Waals surface area (Å²) < 4.78 is 23.4. The number of sulfone groups is 1. The van der Waals surface area contributed by atoms with Crippen LogP contribution in [0.3, 0.4) is 0 Å². The fraction of sp³-hybridized carbons (Fsp3) is 0.588. The molecule has 1 unspecified atom stereocenters. The van der Waals surface area contributed by atoms with Gasteiger partial charge in [0.25, 0.3) is 5.69 Å². The zero-order valence-corrected chi connectivity index (χ0v) is 16.2. The van der Waals surface area contributed by atoms with Gasteiger partial charge in [-0.15, -0.1) is 0 Å². The topological polar surface area (TPSA) is 113 Å². The van der Waals surface area contributed by atoms with E-state index in [0.717, 1.165) is 25.2 Å². The van der Waals surface area contributed by atoms with Crippen molar-refractivity contribution in [2.24, 2.45) is 0 Å². The summed E-state index contributed by atoms with van der Waals surface area (Å²) in [5.74, 6) is 0.0226. The van der Waals surface area contributed by atoms with Crippen molar-refractivity contribution in [2.45, 2.75) is 36.7 Å². The molecule has 2 aliphatic rings. The molecule has 1 aliphatic heterocycles. The van der Waals surface area contributed by atoms with E-state index in [1.807, 2.05) is 11.8 Å². The Morgan fingerprint density at radius 2 is 1.89 bits per heavy atom. The number of hydrogen-bond donors (Lipinski definition) is 1. The maximum Gasteiger partial charge on any atom is 0.293 e. The van der Waals surface area contributed by atoms with Crippen LogP contribution in [-0.2, 0) is 14.6 Å². The summed E-state index contributed by atoms with van der Waals surface area (Å²) >= 11 is 0. The summed E-state index contributed by atoms with van der Waals surface area (Å²) in [7, 11) is -3.52. The molecule has 1 aromatic carbocycles. The zero-order valence-electron chi connectivity index (χ0n) is 15.4. The molecule has 27 heavy (non-hydrogen) atoms. The first-order chi connectivity index (χ1) is 12.7. The van der Waals surface area contributed by atoms with E-state index in [1.165, 1.54) is 12.1 Å². The average Bonchev–Trinajstić information content (AvgIpc) is 3.44. The normalized spacial score (nSPS) is 19.6. The third kappa shape index (κ3) is 4.56. The van der Waals surface area contributed by atoms with Crippen molar-refractivity contribution >= 4 is 27.1 Å². The minimum absolute atomic E-state index is 0.0226. The number of carbonyl (C=O) groups is 1. The molecule has 1 N–H and O–H groups in total. The van der Waals surface area contributed by atoms with Gasteiger partial charge in [-0.25, -0.2) is 8.42 Å². The van der Waals surface area contributed by atoms with Crippen LogP contribution in [0.5, 0.6) is 0 Å². The molecule has 1 atom stereocenters. The molecule has 1 saturated carbocycles. The second-order valence-electron chi connectivity index (χ2n) is 7.16. The van der Waals surface area contributed by atoms with E-state index in [9.17, 15) is 23.3 Å². The summed E-state index contributed by atoms with van der Waals surface area (Å²) in [6.07, 6.45) is 3.11. The molecule has 1 saturated heterocycles. The van der Waals surface area contributed by atoms with Crippen LogP contribution in [-0.4, -0.2) is 68.7 Å². The second kappa shape index (κ2) is 7.43. The highest BCUT2D eigenvalue weighted by Gasteiger charge is 2.31. The van der Waals surface area contributed by atoms with Gasteiger partial charge in [0.2, 0.25) is 5.91 Å². The molecule has 0 aromatic heterocycles. The van der Waals surface area contributed by atoms with Gasteiger partial charge in [-0.3, -0.25) is 19.8 Å². The van der Waals surface area contributed by atoms with Gasteiger partial charge < -0.3 is 10.2 Å². The highest BCUT2D eigenvalue weighted by molar-refractivity contribution is 7.90. The first-order valence-electron chi connectivity index (χ1n) is 8.94. The van der Waals surface area contributed by atoms with E-state index in [2.05, 4.69) is 10.2 Å². The van der Waals surface area contributed by atoms with Crippen LogP contribution >= 0.6 is 0 Å². The lowest BCUT2D eigenvalue weighted by molar-refractivity contribution is -0.384. The van der Waals surface area contributed by atoms with Crippen molar-refractivity contribution in [3.05, 3.63) is 28.3 Å². The molecule has 1 aromatic rings. The predicted molar refractivity (Wildman–Crippen MR) is 101 cm³/mol. The number of piperazine rings is 1. The van der Waals surface area contributed by atoms with Crippen LogP contribution in [0.1, 0.15) is 19.8 Å². The summed E-state index contributed by atoms with van der Waals surface area (Å²) in [5.41, 5.74) is 0.188. The van der Waals surface area contributed by atoms with Crippen molar-refractivity contribution in [1.29, 1.82) is 0 Å². The van der Waals surface area contributed by atoms with Gasteiger partial charge in [-0.05, 0) is 31.9 Å². The summed E-state index contributed by atoms with van der Waals surface area (Å²) in [6, 6.07) is 4.08. The number of carbonyl (C=O) groups excluding carboxylic acids is 1. The molecule has 1 amide bonds. The number of nitrogens with zero attached hydrogens (tertiary/aromatic N) is 3. The van der Waals surface area contributed by atoms with Crippen molar-refractivity contribution < 1.29 is 18.1 Å². The van der Waals surface area contributed by atoms with Crippen LogP contribution < -0.4 is 10.2 Å². The molecule has 0 bridgehead atoms. The molecular weight excluding hydrogens is 372 g/mol. The zero-order chi connectivity index (χ0) is 19.8. The molecule has 148 valence electrons. The molecule has 0 spiro atoms. The molecule has 9 nitrogen and oxygen atoms in total. The minimum atomic E-state index is -3.52. The van der Waals surface area contributed by atoms with E-state index >= 15 is 0 Å². The van der Waals surface area contributed by atoms with Gasteiger partial charge in [-0.2, -0.15) is 0 Å². The number of hydrogen-bond acceptors (Lipinski definition) is 7. The van der Waals surface area contributed by atoms with Crippen LogP contribution in [0.2, 0.25) is 0 Å². The Morgan fingerprint density at radius 3 is 2.41 bits per heavy atom. The average molecular weight is 396 g/mol. The van der Waals surface area contributed by atoms with Crippen molar-refractivity contribution in [1.82, 2.24) is 10.2 Å². The van der Waals surface area contributed by atoms with Crippen molar-refractivity contribution in [3.63, 3.8) is 0 Å². The van der Waals surface area contributed by atoms with E-state index in [1.54, 1.807) is 0 Å². The number of benzene rings is 1. The number of anilines is 1. The quantitative estimate of drug-likeness (QED) is 0.559. The Balaban J connectivity index is 1.70. The first-order valence-corrected chi connectivity index (χ1v) is 10.8. The lowest BCUT2D eigenvalue weighted by Gasteiger charge is -2.38. The third-order valence-electron chi connectivity index (χ3n) is 5.08. The van der Waals surface area contributed by atoms with Gasteiger partial charge in [0.05, 0.1) is 15.9 Å². The fourth-order valence-corrected chi connectivity index (χ4v) is 3.85. The standard InChI is InChI=1S/C17H24N4O5S/c1-12(17(22)18-13-3-4-13)19-7-9-20(10-8-19)15-6-5-14(27(2,25)26)11-16(15)21(23)24/h5-6,11-13H,3-4,7-10H2,1-2H3,(H,18,22). The second-order valence-corrected chi connectivity index (χ2v) is 9.18. The van der Waals surface area contributed by atoms with E-state index in [-0.39, 0.29) is 22.5 Å². The molecule has 0 radical (unpaired) electrons. The minimum Gasteiger partial charge on any atom is -0.363 e. The van der Waals surface area contributed by atoms with E-state index in [4.69, 9.17) is 0 Å². The number of amides is 1. The third-order valence-corrected chi connectivity index (χ3v) is 6.19. The number of nitro groups is 1.